The van der Waals surface area contributed by atoms with E-state index >= 15 is 0 Å². The molecular formula is C27H28N2O6. The highest BCUT2D eigenvalue weighted by Crippen LogP contribution is 2.47. The summed E-state index contributed by atoms with van der Waals surface area (Å²) in [7, 11) is 0. The second-order valence-electron chi connectivity index (χ2n) is 9.03. The highest BCUT2D eigenvalue weighted by molar-refractivity contribution is 6.09. The number of benzene rings is 2. The Bertz CT molecular complexity index is 1220. The van der Waals surface area contributed by atoms with E-state index < -0.39 is 34.2 Å². The SMILES string of the molecule is CCCCOC(=O)C1C(C)=NC2=C(C(=O)C[C@H](c3ccccc3)C2)[C@@H]1c1ccc(O)c([N+](=O)[O-])c1. The van der Waals surface area contributed by atoms with Gasteiger partial charge in [0.2, 0.25) is 0 Å². The molecule has 0 fully saturated rings. The van der Waals surface area contributed by atoms with E-state index in [0.717, 1.165) is 12.0 Å². The van der Waals surface area contributed by atoms with Crippen molar-refractivity contribution in [2.24, 2.45) is 10.9 Å². The lowest BCUT2D eigenvalue weighted by Crippen LogP contribution is -2.38. The van der Waals surface area contributed by atoms with Gasteiger partial charge in [-0.15, -0.1) is 0 Å². The van der Waals surface area contributed by atoms with Crippen LogP contribution in [0, 0.1) is 16.0 Å². The first-order chi connectivity index (χ1) is 16.8. The van der Waals surface area contributed by atoms with Crippen molar-refractivity contribution in [3.63, 3.8) is 0 Å². The summed E-state index contributed by atoms with van der Waals surface area (Å²) in [6, 6.07) is 13.7. The number of Topliss-reactive ketones (excluding diaryl/α,β-unsaturated/α-hetero) is 1. The molecule has 1 heterocycles. The van der Waals surface area contributed by atoms with Crippen molar-refractivity contribution >= 4 is 23.2 Å². The van der Waals surface area contributed by atoms with Gasteiger partial charge in [-0.25, -0.2) is 0 Å². The van der Waals surface area contributed by atoms with Crippen molar-refractivity contribution in [2.45, 2.75) is 51.4 Å². The van der Waals surface area contributed by atoms with E-state index in [1.165, 1.54) is 18.2 Å². The molecule has 8 nitrogen and oxygen atoms in total. The molecule has 0 saturated carbocycles. The van der Waals surface area contributed by atoms with Crippen LogP contribution in [0.25, 0.3) is 0 Å². The molecule has 182 valence electrons. The van der Waals surface area contributed by atoms with Crippen molar-refractivity contribution in [3.05, 3.63) is 81.0 Å². The number of ether oxygens (including phenoxy) is 1. The molecule has 35 heavy (non-hydrogen) atoms. The monoisotopic (exact) mass is 476 g/mol. The number of aliphatic imine (C=N–C) groups is 1. The molecule has 0 aromatic heterocycles. The second kappa shape index (κ2) is 10.2. The number of aromatic hydroxyl groups is 1. The van der Waals surface area contributed by atoms with E-state index in [-0.39, 0.29) is 24.7 Å². The fourth-order valence-corrected chi connectivity index (χ4v) is 4.97. The maximum absolute atomic E-state index is 13.6. The van der Waals surface area contributed by atoms with Gasteiger partial charge in [-0.1, -0.05) is 49.7 Å². The lowest BCUT2D eigenvalue weighted by Gasteiger charge is -2.36. The minimum absolute atomic E-state index is 0.0399. The summed E-state index contributed by atoms with van der Waals surface area (Å²) in [6.45, 7) is 3.96. The Kier molecular flexibility index (Phi) is 7.10. The molecule has 2 aliphatic rings. The number of carbonyl (C=O) groups excluding carboxylic acids is 2. The number of allylic oxidation sites excluding steroid dienone is 2. The van der Waals surface area contributed by atoms with Crippen molar-refractivity contribution in [3.8, 4) is 5.75 Å². The molecule has 0 amide bonds. The van der Waals surface area contributed by atoms with Crippen LogP contribution in [0.5, 0.6) is 5.75 Å². The summed E-state index contributed by atoms with van der Waals surface area (Å²) in [5.41, 5.74) is 2.48. The molecule has 0 saturated heterocycles. The maximum atomic E-state index is 13.6. The summed E-state index contributed by atoms with van der Waals surface area (Å²) in [6.07, 6.45) is 2.34. The number of nitro groups is 1. The molecule has 1 N–H and O–H groups in total. The van der Waals surface area contributed by atoms with Crippen LogP contribution in [0.15, 0.2) is 64.8 Å². The zero-order valence-electron chi connectivity index (χ0n) is 19.8. The van der Waals surface area contributed by atoms with Crippen molar-refractivity contribution in [1.82, 2.24) is 0 Å². The predicted octanol–water partition coefficient (Wildman–Crippen LogP) is 5.22. The molecule has 1 unspecified atom stereocenters. The first-order valence-electron chi connectivity index (χ1n) is 11.8. The van der Waals surface area contributed by atoms with Gasteiger partial charge in [0, 0.05) is 35.4 Å². The van der Waals surface area contributed by atoms with Crippen LogP contribution in [0.4, 0.5) is 5.69 Å². The van der Waals surface area contributed by atoms with E-state index in [4.69, 9.17) is 9.73 Å². The molecule has 0 radical (unpaired) electrons. The van der Waals surface area contributed by atoms with E-state index in [2.05, 4.69) is 0 Å². The summed E-state index contributed by atoms with van der Waals surface area (Å²) >= 11 is 0. The smallest absolute Gasteiger partial charge is 0.315 e. The van der Waals surface area contributed by atoms with Crippen LogP contribution < -0.4 is 0 Å². The van der Waals surface area contributed by atoms with Crippen LogP contribution in [0.3, 0.4) is 0 Å². The third kappa shape index (κ3) is 4.87. The third-order valence-electron chi connectivity index (χ3n) is 6.71. The maximum Gasteiger partial charge on any atom is 0.315 e. The standard InChI is InChI=1S/C27H28N2O6/c1-3-4-12-35-27(32)24-16(2)28-20-13-19(17-8-6-5-7-9-17)15-23(31)26(20)25(24)18-10-11-22(30)21(14-18)29(33)34/h5-11,14,19,24-25,30H,3-4,12-13,15H2,1-2H3/t19-,24?,25-/m1/s1. The number of rotatable bonds is 7. The Morgan fingerprint density at radius 1 is 1.17 bits per heavy atom. The molecular weight excluding hydrogens is 448 g/mol. The molecule has 2 aromatic carbocycles. The minimum atomic E-state index is -0.882. The summed E-state index contributed by atoms with van der Waals surface area (Å²) in [5.74, 6) is -2.82. The Hall–Kier alpha value is -3.81. The van der Waals surface area contributed by atoms with Gasteiger partial charge in [0.1, 0.15) is 5.92 Å². The molecule has 1 aliphatic heterocycles. The van der Waals surface area contributed by atoms with Gasteiger partial charge in [0.15, 0.2) is 11.5 Å². The number of ketones is 1. The fraction of sp³-hybridized carbons (Fsp3) is 0.370. The number of nitrogens with zero attached hydrogens (tertiary/aromatic N) is 2. The molecule has 0 bridgehead atoms. The van der Waals surface area contributed by atoms with Gasteiger partial charge < -0.3 is 9.84 Å². The van der Waals surface area contributed by atoms with Crippen molar-refractivity contribution < 1.29 is 24.4 Å². The fourth-order valence-electron chi connectivity index (χ4n) is 4.97. The average Bonchev–Trinajstić information content (AvgIpc) is 2.83. The van der Waals surface area contributed by atoms with Gasteiger partial charge in [-0.3, -0.25) is 24.7 Å². The lowest BCUT2D eigenvalue weighted by atomic mass is 9.69. The van der Waals surface area contributed by atoms with Crippen LogP contribution in [-0.2, 0) is 14.3 Å². The third-order valence-corrected chi connectivity index (χ3v) is 6.71. The van der Waals surface area contributed by atoms with Gasteiger partial charge >= 0.3 is 11.7 Å². The lowest BCUT2D eigenvalue weighted by molar-refractivity contribution is -0.385. The van der Waals surface area contributed by atoms with Gasteiger partial charge in [-0.2, -0.15) is 0 Å². The van der Waals surface area contributed by atoms with Crippen molar-refractivity contribution in [1.29, 1.82) is 0 Å². The molecule has 2 aromatic rings. The number of unbranched alkanes of at least 4 members (excludes halogenated alkanes) is 1. The van der Waals surface area contributed by atoms with Crippen LogP contribution in [0.2, 0.25) is 0 Å². The number of nitro benzene ring substituents is 1. The number of hydrogen-bond acceptors (Lipinski definition) is 7. The number of carbonyl (C=O) groups is 2. The van der Waals surface area contributed by atoms with E-state index in [0.29, 0.717) is 35.4 Å². The molecule has 8 heteroatoms. The topological polar surface area (TPSA) is 119 Å². The van der Waals surface area contributed by atoms with E-state index in [1.54, 1.807) is 6.92 Å². The van der Waals surface area contributed by atoms with Crippen LogP contribution in [-0.4, -0.2) is 34.1 Å². The summed E-state index contributed by atoms with van der Waals surface area (Å²) < 4.78 is 5.51. The highest BCUT2D eigenvalue weighted by atomic mass is 16.6. The Labute approximate surface area is 203 Å². The van der Waals surface area contributed by atoms with Crippen LogP contribution in [0.1, 0.15) is 62.5 Å². The minimum Gasteiger partial charge on any atom is -0.502 e. The largest absolute Gasteiger partial charge is 0.502 e. The Morgan fingerprint density at radius 2 is 1.91 bits per heavy atom. The quantitative estimate of drug-likeness (QED) is 0.253. The van der Waals surface area contributed by atoms with Crippen molar-refractivity contribution in [2.75, 3.05) is 6.61 Å². The first-order valence-corrected chi connectivity index (χ1v) is 11.8. The first kappa shape index (κ1) is 24.3. The average molecular weight is 477 g/mol. The molecule has 0 spiro atoms. The Balaban J connectivity index is 1.80. The van der Waals surface area contributed by atoms with Gasteiger partial charge in [0.05, 0.1) is 11.5 Å². The summed E-state index contributed by atoms with van der Waals surface area (Å²) in [5, 5.41) is 21.5. The number of esters is 1. The number of phenolic OH excluding ortho intramolecular Hbond substituents is 1. The number of phenols is 1. The second-order valence-corrected chi connectivity index (χ2v) is 9.03. The summed E-state index contributed by atoms with van der Waals surface area (Å²) in [4.78, 5) is 42.3. The normalized spacial score (nSPS) is 21.8. The highest BCUT2D eigenvalue weighted by Gasteiger charge is 2.45. The predicted molar refractivity (Wildman–Crippen MR) is 130 cm³/mol. The molecule has 4 rings (SSSR count). The van der Waals surface area contributed by atoms with E-state index in [1.807, 2.05) is 37.3 Å². The van der Waals surface area contributed by atoms with Gasteiger partial charge in [-0.05, 0) is 42.9 Å². The number of hydrogen-bond donors (Lipinski definition) is 1. The zero-order chi connectivity index (χ0) is 25.1. The molecule has 3 atom stereocenters. The van der Waals surface area contributed by atoms with E-state index in [9.17, 15) is 24.8 Å². The Morgan fingerprint density at radius 3 is 2.60 bits per heavy atom. The van der Waals surface area contributed by atoms with Gasteiger partial charge in [0.25, 0.3) is 0 Å². The van der Waals surface area contributed by atoms with Crippen LogP contribution >= 0.6 is 0 Å². The zero-order valence-corrected chi connectivity index (χ0v) is 19.8. The molecule has 1 aliphatic carbocycles.